The lowest BCUT2D eigenvalue weighted by atomic mass is 10.2. The number of nitro groups is 1. The van der Waals surface area contributed by atoms with Gasteiger partial charge in [0, 0.05) is 18.7 Å². The van der Waals surface area contributed by atoms with Crippen molar-refractivity contribution in [2.24, 2.45) is 0 Å². The van der Waals surface area contributed by atoms with Gasteiger partial charge < -0.3 is 5.32 Å². The van der Waals surface area contributed by atoms with E-state index >= 15 is 0 Å². The third-order valence-corrected chi connectivity index (χ3v) is 2.39. The first-order valence-corrected chi connectivity index (χ1v) is 5.57. The van der Waals surface area contributed by atoms with Crippen molar-refractivity contribution in [1.82, 2.24) is 5.32 Å². The Kier molecular flexibility index (Phi) is 4.42. The zero-order chi connectivity index (χ0) is 12.1. The fourth-order valence-electron chi connectivity index (χ4n) is 1.07. The van der Waals surface area contributed by atoms with Gasteiger partial charge in [0.05, 0.1) is 9.75 Å². The van der Waals surface area contributed by atoms with Gasteiger partial charge in [0.1, 0.15) is 0 Å². The van der Waals surface area contributed by atoms with Crippen LogP contribution in [-0.4, -0.2) is 15.7 Å². The van der Waals surface area contributed by atoms with Gasteiger partial charge in [-0.05, 0) is 12.5 Å². The molecule has 0 aliphatic heterocycles. The number of alkyl halides is 1. The number of benzene rings is 1. The molecule has 1 aromatic carbocycles. The minimum Gasteiger partial charge on any atom is -0.351 e. The average Bonchev–Trinajstić information content (AvgIpc) is 2.26. The second-order valence-electron chi connectivity index (χ2n) is 3.26. The molecule has 0 fully saturated rings. The van der Waals surface area contributed by atoms with Gasteiger partial charge in [-0.2, -0.15) is 0 Å². The molecule has 1 rings (SSSR count). The van der Waals surface area contributed by atoms with Crippen molar-refractivity contribution < 1.29 is 9.72 Å². The van der Waals surface area contributed by atoms with Gasteiger partial charge in [-0.1, -0.05) is 28.1 Å². The number of carbonyl (C=O) groups excluding carboxylic acids is 1. The van der Waals surface area contributed by atoms with Crippen LogP contribution in [0.1, 0.15) is 12.5 Å². The summed E-state index contributed by atoms with van der Waals surface area (Å²) in [6.45, 7) is 2.10. The van der Waals surface area contributed by atoms with Crippen LogP contribution in [0.3, 0.4) is 0 Å². The van der Waals surface area contributed by atoms with E-state index in [2.05, 4.69) is 21.2 Å². The second kappa shape index (κ2) is 5.60. The Labute approximate surface area is 101 Å². The van der Waals surface area contributed by atoms with E-state index in [-0.39, 0.29) is 16.4 Å². The van der Waals surface area contributed by atoms with Crippen LogP contribution in [0.25, 0.3) is 0 Å². The molecule has 0 radical (unpaired) electrons. The van der Waals surface area contributed by atoms with Crippen LogP contribution in [0.2, 0.25) is 0 Å². The maximum atomic E-state index is 11.2. The molecular formula is C10H11BrN2O3. The number of nitrogens with zero attached hydrogens (tertiary/aromatic N) is 1. The molecule has 0 aliphatic carbocycles. The zero-order valence-corrected chi connectivity index (χ0v) is 10.2. The molecule has 0 spiro atoms. The molecule has 0 bridgehead atoms. The summed E-state index contributed by atoms with van der Waals surface area (Å²) >= 11 is 3.14. The topological polar surface area (TPSA) is 72.2 Å². The molecule has 1 atom stereocenters. The van der Waals surface area contributed by atoms with Crippen LogP contribution in [0.15, 0.2) is 24.3 Å². The maximum Gasteiger partial charge on any atom is 0.269 e. The van der Waals surface area contributed by atoms with Gasteiger partial charge in [0.2, 0.25) is 5.91 Å². The van der Waals surface area contributed by atoms with E-state index in [0.717, 1.165) is 5.56 Å². The monoisotopic (exact) mass is 286 g/mol. The van der Waals surface area contributed by atoms with Gasteiger partial charge in [-0.25, -0.2) is 0 Å². The van der Waals surface area contributed by atoms with Crippen LogP contribution in [0.4, 0.5) is 5.69 Å². The fraction of sp³-hybridized carbons (Fsp3) is 0.300. The highest BCUT2D eigenvalue weighted by atomic mass is 79.9. The minimum atomic E-state index is -0.455. The zero-order valence-electron chi connectivity index (χ0n) is 8.64. The number of halogens is 1. The van der Waals surface area contributed by atoms with E-state index in [1.54, 1.807) is 19.1 Å². The van der Waals surface area contributed by atoms with Gasteiger partial charge in [-0.15, -0.1) is 0 Å². The molecule has 0 saturated carbocycles. The lowest BCUT2D eigenvalue weighted by Gasteiger charge is -2.06. The summed E-state index contributed by atoms with van der Waals surface area (Å²) in [5.41, 5.74) is 0.871. The summed E-state index contributed by atoms with van der Waals surface area (Å²) in [6.07, 6.45) is 0. The van der Waals surface area contributed by atoms with Gasteiger partial charge in [0.15, 0.2) is 0 Å². The number of hydrogen-bond donors (Lipinski definition) is 1. The van der Waals surface area contributed by atoms with Crippen LogP contribution < -0.4 is 5.32 Å². The summed E-state index contributed by atoms with van der Waals surface area (Å²) < 4.78 is 0. The fourth-order valence-corrected chi connectivity index (χ4v) is 1.23. The molecule has 0 saturated heterocycles. The van der Waals surface area contributed by atoms with Crippen molar-refractivity contribution >= 4 is 27.5 Å². The molecule has 1 N–H and O–H groups in total. The number of rotatable bonds is 4. The number of hydrogen-bond acceptors (Lipinski definition) is 3. The highest BCUT2D eigenvalue weighted by molar-refractivity contribution is 9.10. The highest BCUT2D eigenvalue weighted by Gasteiger charge is 2.08. The molecule has 6 heteroatoms. The van der Waals surface area contributed by atoms with Crippen LogP contribution in [0.5, 0.6) is 0 Å². The lowest BCUT2D eigenvalue weighted by Crippen LogP contribution is -2.28. The molecule has 1 unspecified atom stereocenters. The molecular weight excluding hydrogens is 276 g/mol. The Hall–Kier alpha value is -1.43. The molecule has 0 heterocycles. The first-order chi connectivity index (χ1) is 7.50. The number of carbonyl (C=O) groups is 1. The van der Waals surface area contributed by atoms with Crippen molar-refractivity contribution in [3.8, 4) is 0 Å². The predicted molar refractivity (Wildman–Crippen MR) is 63.3 cm³/mol. The van der Waals surface area contributed by atoms with Crippen LogP contribution >= 0.6 is 15.9 Å². The normalized spacial score (nSPS) is 11.9. The first kappa shape index (κ1) is 12.6. The molecule has 1 amide bonds. The van der Waals surface area contributed by atoms with Gasteiger partial charge in [-0.3, -0.25) is 14.9 Å². The lowest BCUT2D eigenvalue weighted by molar-refractivity contribution is -0.384. The highest BCUT2D eigenvalue weighted by Crippen LogP contribution is 2.11. The summed E-state index contributed by atoms with van der Waals surface area (Å²) in [5.74, 6) is -0.113. The number of nitro benzene ring substituents is 1. The van der Waals surface area contributed by atoms with Crippen molar-refractivity contribution in [2.75, 3.05) is 0 Å². The van der Waals surface area contributed by atoms with Gasteiger partial charge >= 0.3 is 0 Å². The largest absolute Gasteiger partial charge is 0.351 e. The Balaban J connectivity index is 2.56. The summed E-state index contributed by atoms with van der Waals surface area (Å²) in [4.78, 5) is 20.9. The third kappa shape index (κ3) is 3.62. The second-order valence-corrected chi connectivity index (χ2v) is 4.63. The third-order valence-electron chi connectivity index (χ3n) is 1.98. The van der Waals surface area contributed by atoms with Crippen LogP contribution in [0, 0.1) is 10.1 Å². The van der Waals surface area contributed by atoms with Gasteiger partial charge in [0.25, 0.3) is 5.69 Å². The minimum absolute atomic E-state index is 0.0453. The van der Waals surface area contributed by atoms with Crippen molar-refractivity contribution in [3.05, 3.63) is 39.9 Å². The maximum absolute atomic E-state index is 11.2. The Morgan fingerprint density at radius 1 is 1.50 bits per heavy atom. The molecule has 16 heavy (non-hydrogen) atoms. The van der Waals surface area contributed by atoms with E-state index < -0.39 is 4.92 Å². The van der Waals surface area contributed by atoms with Crippen LogP contribution in [-0.2, 0) is 11.3 Å². The van der Waals surface area contributed by atoms with Crippen molar-refractivity contribution in [1.29, 1.82) is 0 Å². The molecule has 86 valence electrons. The van der Waals surface area contributed by atoms with E-state index in [4.69, 9.17) is 0 Å². The molecule has 1 aromatic rings. The number of amides is 1. The predicted octanol–water partition coefficient (Wildman–Crippen LogP) is 1.99. The quantitative estimate of drug-likeness (QED) is 0.523. The Bertz CT molecular complexity index is 390. The molecule has 0 aliphatic rings. The number of nitrogens with one attached hydrogen (secondary N) is 1. The van der Waals surface area contributed by atoms with Crippen molar-refractivity contribution in [3.63, 3.8) is 0 Å². The van der Waals surface area contributed by atoms with E-state index in [9.17, 15) is 14.9 Å². The summed E-state index contributed by atoms with van der Waals surface area (Å²) in [6, 6.07) is 6.08. The summed E-state index contributed by atoms with van der Waals surface area (Å²) in [7, 11) is 0. The average molecular weight is 287 g/mol. The Morgan fingerprint density at radius 3 is 2.50 bits per heavy atom. The molecule has 5 nitrogen and oxygen atoms in total. The first-order valence-electron chi connectivity index (χ1n) is 4.66. The standard InChI is InChI=1S/C10H11BrN2O3/c1-7(11)10(14)12-6-8-2-4-9(5-3-8)13(15)16/h2-5,7H,6H2,1H3,(H,12,14). The van der Waals surface area contributed by atoms with Crippen molar-refractivity contribution in [2.45, 2.75) is 18.3 Å². The summed E-state index contributed by atoms with van der Waals surface area (Å²) in [5, 5.41) is 13.1. The Morgan fingerprint density at radius 2 is 2.06 bits per heavy atom. The smallest absolute Gasteiger partial charge is 0.269 e. The SMILES string of the molecule is CC(Br)C(=O)NCc1ccc([N+](=O)[O-])cc1. The number of non-ortho nitro benzene ring substituents is 1. The molecule has 0 aromatic heterocycles. The van der Waals surface area contributed by atoms with E-state index in [0.29, 0.717) is 6.54 Å². The van der Waals surface area contributed by atoms with E-state index in [1.165, 1.54) is 12.1 Å². The van der Waals surface area contributed by atoms with E-state index in [1.807, 2.05) is 0 Å².